The van der Waals surface area contributed by atoms with E-state index in [1.165, 1.54) is 11.1 Å². The number of benzene rings is 3. The number of aromatic hydroxyl groups is 1. The number of phenols is 1. The molecule has 0 aliphatic rings. The van der Waals surface area contributed by atoms with Crippen LogP contribution in [0.2, 0.25) is 0 Å². The number of phenolic OH excluding ortho intramolecular Hbond substituents is 1. The van der Waals surface area contributed by atoms with Gasteiger partial charge in [-0.3, -0.25) is 0 Å². The van der Waals surface area contributed by atoms with Gasteiger partial charge in [0.15, 0.2) is 6.29 Å². The summed E-state index contributed by atoms with van der Waals surface area (Å²) in [5.41, 5.74) is 3.95. The molecule has 0 aliphatic carbocycles. The van der Waals surface area contributed by atoms with Crippen LogP contribution in [-0.4, -0.2) is 11.4 Å². The van der Waals surface area contributed by atoms with Crippen LogP contribution in [-0.2, 0) is 11.3 Å². The lowest BCUT2D eigenvalue weighted by Crippen LogP contribution is -2.35. The SMILES string of the molecule is CC(C)CC(c1ccc(O)cc1)C(C)(C)CC(C)(C)C(c1ccc(OC(C)OCc2ccccc2)cc1)C(C)C. The average molecular weight is 545 g/mol. The van der Waals surface area contributed by atoms with Crippen LogP contribution < -0.4 is 4.74 Å². The third kappa shape index (κ3) is 8.86. The standard InChI is InChI=1S/C37H52O3/c1-26(2)23-34(30-15-19-32(38)20-16-30)36(6,7)25-37(8,9)35(27(3)4)31-17-21-33(22-18-31)40-28(5)39-24-29-13-11-10-12-14-29/h10-22,26-28,34-35,38H,23-25H2,1-9H3. The fraction of sp³-hybridized carbons (Fsp3) is 0.514. The summed E-state index contributed by atoms with van der Waals surface area (Å²) in [5, 5.41) is 9.90. The zero-order valence-electron chi connectivity index (χ0n) is 26.3. The number of ether oxygens (including phenoxy) is 2. The Balaban J connectivity index is 1.75. The average Bonchev–Trinajstić information content (AvgIpc) is 2.87. The van der Waals surface area contributed by atoms with Crippen molar-refractivity contribution in [2.45, 2.75) is 99.9 Å². The molecule has 3 rings (SSSR count). The van der Waals surface area contributed by atoms with Crippen LogP contribution in [0.1, 0.15) is 104 Å². The molecular formula is C37H52O3. The first-order chi connectivity index (χ1) is 18.8. The maximum absolute atomic E-state index is 9.90. The van der Waals surface area contributed by atoms with Gasteiger partial charge < -0.3 is 14.6 Å². The second-order valence-corrected chi connectivity index (χ2v) is 13.7. The lowest BCUT2D eigenvalue weighted by Gasteiger charge is -2.46. The van der Waals surface area contributed by atoms with E-state index in [2.05, 4.69) is 104 Å². The molecule has 0 aliphatic heterocycles. The molecule has 3 aromatic carbocycles. The molecule has 3 atom stereocenters. The fourth-order valence-corrected chi connectivity index (χ4v) is 7.00. The van der Waals surface area contributed by atoms with Gasteiger partial charge in [0.05, 0.1) is 6.61 Å². The van der Waals surface area contributed by atoms with Crippen molar-refractivity contribution in [3.8, 4) is 11.5 Å². The highest BCUT2D eigenvalue weighted by atomic mass is 16.7. The number of hydrogen-bond donors (Lipinski definition) is 1. The maximum atomic E-state index is 9.90. The Bertz CT molecular complexity index is 1140. The summed E-state index contributed by atoms with van der Waals surface area (Å²) in [4.78, 5) is 0. The van der Waals surface area contributed by atoms with Crippen molar-refractivity contribution in [1.82, 2.24) is 0 Å². The second kappa shape index (κ2) is 13.7. The van der Waals surface area contributed by atoms with E-state index in [9.17, 15) is 5.11 Å². The van der Waals surface area contributed by atoms with Crippen LogP contribution in [0.3, 0.4) is 0 Å². The summed E-state index contributed by atoms with van der Waals surface area (Å²) in [7, 11) is 0. The predicted molar refractivity (Wildman–Crippen MR) is 168 cm³/mol. The molecular weight excluding hydrogens is 492 g/mol. The second-order valence-electron chi connectivity index (χ2n) is 13.7. The van der Waals surface area contributed by atoms with Crippen molar-refractivity contribution in [3.63, 3.8) is 0 Å². The van der Waals surface area contributed by atoms with E-state index >= 15 is 0 Å². The molecule has 0 bridgehead atoms. The van der Waals surface area contributed by atoms with Gasteiger partial charge in [0, 0.05) is 0 Å². The molecule has 0 saturated heterocycles. The molecule has 0 amide bonds. The van der Waals surface area contributed by atoms with E-state index in [1.54, 1.807) is 0 Å². The predicted octanol–water partition coefficient (Wildman–Crippen LogP) is 10.3. The summed E-state index contributed by atoms with van der Waals surface area (Å²) in [6, 6.07) is 26.7. The molecule has 3 unspecified atom stereocenters. The van der Waals surface area contributed by atoms with Gasteiger partial charge in [-0.25, -0.2) is 0 Å². The minimum absolute atomic E-state index is 0.0677. The molecule has 0 fully saturated rings. The topological polar surface area (TPSA) is 38.7 Å². The van der Waals surface area contributed by atoms with E-state index in [1.807, 2.05) is 37.3 Å². The van der Waals surface area contributed by atoms with Crippen molar-refractivity contribution in [1.29, 1.82) is 0 Å². The molecule has 1 N–H and O–H groups in total. The van der Waals surface area contributed by atoms with E-state index in [-0.39, 0.29) is 17.1 Å². The first-order valence-corrected chi connectivity index (χ1v) is 15.0. The van der Waals surface area contributed by atoms with Crippen molar-refractivity contribution in [2.24, 2.45) is 22.7 Å². The van der Waals surface area contributed by atoms with Crippen LogP contribution in [0, 0.1) is 22.7 Å². The first-order valence-electron chi connectivity index (χ1n) is 15.0. The first kappa shape index (κ1) is 31.7. The Morgan fingerprint density at radius 1 is 0.700 bits per heavy atom. The summed E-state index contributed by atoms with van der Waals surface area (Å²) in [6.45, 7) is 21.5. The quantitative estimate of drug-likeness (QED) is 0.205. The van der Waals surface area contributed by atoms with Gasteiger partial charge in [-0.1, -0.05) is 110 Å². The zero-order chi connectivity index (χ0) is 29.5. The Morgan fingerprint density at radius 2 is 1.27 bits per heavy atom. The summed E-state index contributed by atoms with van der Waals surface area (Å²) in [5.74, 6) is 3.04. The highest BCUT2D eigenvalue weighted by Gasteiger charge is 2.41. The summed E-state index contributed by atoms with van der Waals surface area (Å²) < 4.78 is 12.0. The molecule has 3 heteroatoms. The monoisotopic (exact) mass is 544 g/mol. The third-order valence-electron chi connectivity index (χ3n) is 8.23. The summed E-state index contributed by atoms with van der Waals surface area (Å²) in [6.07, 6.45) is 1.88. The Labute approximate surface area is 244 Å². The highest BCUT2D eigenvalue weighted by molar-refractivity contribution is 5.32. The molecule has 0 spiro atoms. The van der Waals surface area contributed by atoms with Crippen molar-refractivity contribution in [2.75, 3.05) is 0 Å². The molecule has 0 aromatic heterocycles. The molecule has 218 valence electrons. The van der Waals surface area contributed by atoms with Gasteiger partial charge in [-0.05, 0) is 95.2 Å². The minimum Gasteiger partial charge on any atom is -0.508 e. The molecule has 0 radical (unpaired) electrons. The lowest BCUT2D eigenvalue weighted by atomic mass is 9.58. The number of hydrogen-bond acceptors (Lipinski definition) is 3. The highest BCUT2D eigenvalue weighted by Crippen LogP contribution is 2.53. The molecule has 3 aromatic rings. The number of rotatable bonds is 14. The Hall–Kier alpha value is -2.78. The van der Waals surface area contributed by atoms with Gasteiger partial charge in [-0.15, -0.1) is 0 Å². The van der Waals surface area contributed by atoms with E-state index < -0.39 is 0 Å². The van der Waals surface area contributed by atoms with Crippen LogP contribution in [0.4, 0.5) is 0 Å². The van der Waals surface area contributed by atoms with E-state index in [0.29, 0.717) is 36.0 Å². The van der Waals surface area contributed by atoms with Gasteiger partial charge in [-0.2, -0.15) is 0 Å². The third-order valence-corrected chi connectivity index (χ3v) is 8.23. The Kier molecular flexibility index (Phi) is 10.9. The molecule has 0 saturated carbocycles. The summed E-state index contributed by atoms with van der Waals surface area (Å²) >= 11 is 0. The van der Waals surface area contributed by atoms with Crippen molar-refractivity contribution in [3.05, 3.63) is 95.6 Å². The van der Waals surface area contributed by atoms with Gasteiger partial charge in [0.2, 0.25) is 0 Å². The normalized spacial score (nSPS) is 14.8. The van der Waals surface area contributed by atoms with Gasteiger partial charge in [0.1, 0.15) is 11.5 Å². The fourth-order valence-electron chi connectivity index (χ4n) is 7.00. The lowest BCUT2D eigenvalue weighted by molar-refractivity contribution is -0.0759. The smallest absolute Gasteiger partial charge is 0.197 e. The van der Waals surface area contributed by atoms with Crippen LogP contribution in [0.25, 0.3) is 0 Å². The van der Waals surface area contributed by atoms with E-state index in [0.717, 1.165) is 24.2 Å². The molecule has 40 heavy (non-hydrogen) atoms. The van der Waals surface area contributed by atoms with Crippen molar-refractivity contribution < 1.29 is 14.6 Å². The largest absolute Gasteiger partial charge is 0.508 e. The van der Waals surface area contributed by atoms with E-state index in [4.69, 9.17) is 9.47 Å². The maximum Gasteiger partial charge on any atom is 0.197 e. The van der Waals surface area contributed by atoms with Gasteiger partial charge >= 0.3 is 0 Å². The zero-order valence-corrected chi connectivity index (χ0v) is 26.3. The van der Waals surface area contributed by atoms with Gasteiger partial charge in [0.25, 0.3) is 0 Å². The van der Waals surface area contributed by atoms with Crippen LogP contribution in [0.15, 0.2) is 78.9 Å². The molecule has 0 heterocycles. The Morgan fingerprint density at radius 3 is 1.82 bits per heavy atom. The van der Waals surface area contributed by atoms with Crippen LogP contribution in [0.5, 0.6) is 11.5 Å². The van der Waals surface area contributed by atoms with Crippen molar-refractivity contribution >= 4 is 0 Å². The van der Waals surface area contributed by atoms with Crippen LogP contribution >= 0.6 is 0 Å². The molecule has 3 nitrogen and oxygen atoms in total. The minimum atomic E-state index is -0.331.